The number of aromatic amines is 1. The summed E-state index contributed by atoms with van der Waals surface area (Å²) in [6.07, 6.45) is -1.55. The van der Waals surface area contributed by atoms with E-state index in [2.05, 4.69) is 10.2 Å². The highest BCUT2D eigenvalue weighted by molar-refractivity contribution is 5.97. The Balaban J connectivity index is 2.22. The molecule has 7 heteroatoms. The maximum atomic E-state index is 12.6. The summed E-state index contributed by atoms with van der Waals surface area (Å²) in [4.78, 5) is 13.1. The lowest BCUT2D eigenvalue weighted by Gasteiger charge is -2.24. The summed E-state index contributed by atoms with van der Waals surface area (Å²) in [6.45, 7) is 0.732. The third kappa shape index (κ3) is 3.96. The predicted octanol–water partition coefficient (Wildman–Crippen LogP) is 3.37. The second-order valence-corrected chi connectivity index (χ2v) is 4.87. The first-order chi connectivity index (χ1) is 9.90. The fraction of sp³-hybridized carbons (Fsp3) is 0.429. The van der Waals surface area contributed by atoms with E-state index in [0.29, 0.717) is 11.9 Å². The lowest BCUT2D eigenvalue weighted by molar-refractivity contribution is -0.140. The van der Waals surface area contributed by atoms with E-state index in [1.165, 1.54) is 12.1 Å². The molecule has 114 valence electrons. The molecule has 0 unspecified atom stereocenters. The van der Waals surface area contributed by atoms with Crippen LogP contribution in [-0.4, -0.2) is 40.3 Å². The molecule has 1 aromatic carbocycles. The van der Waals surface area contributed by atoms with Crippen molar-refractivity contribution in [1.29, 1.82) is 0 Å². The largest absolute Gasteiger partial charge is 0.406 e. The number of amides is 1. The highest BCUT2D eigenvalue weighted by Gasteiger charge is 2.33. The number of hydrogen-bond acceptors (Lipinski definition) is 2. The number of unbranched alkanes of at least 4 members (excludes halogenated alkanes) is 1. The number of alkyl halides is 3. The first-order valence-electron chi connectivity index (χ1n) is 6.70. The Morgan fingerprint density at radius 3 is 2.81 bits per heavy atom. The number of benzene rings is 1. The normalized spacial score (nSPS) is 11.8. The molecule has 1 heterocycles. The molecule has 1 aromatic heterocycles. The molecule has 0 bridgehead atoms. The van der Waals surface area contributed by atoms with Crippen molar-refractivity contribution < 1.29 is 18.0 Å². The summed E-state index contributed by atoms with van der Waals surface area (Å²) in [7, 11) is 0. The molecule has 4 nitrogen and oxygen atoms in total. The Morgan fingerprint density at radius 2 is 2.14 bits per heavy atom. The first-order valence-corrected chi connectivity index (χ1v) is 6.70. The summed E-state index contributed by atoms with van der Waals surface area (Å²) in [5, 5.41) is 7.34. The van der Waals surface area contributed by atoms with Crippen LogP contribution in [0.3, 0.4) is 0 Å². The molecule has 2 rings (SSSR count). The molecule has 0 aliphatic carbocycles. The molecule has 0 saturated heterocycles. The van der Waals surface area contributed by atoms with Crippen molar-refractivity contribution in [2.75, 3.05) is 13.1 Å². The van der Waals surface area contributed by atoms with Gasteiger partial charge in [-0.1, -0.05) is 19.4 Å². The van der Waals surface area contributed by atoms with Crippen LogP contribution in [0.2, 0.25) is 0 Å². The van der Waals surface area contributed by atoms with Crippen molar-refractivity contribution in [3.05, 3.63) is 30.0 Å². The van der Waals surface area contributed by atoms with Crippen LogP contribution >= 0.6 is 0 Å². The second kappa shape index (κ2) is 6.15. The van der Waals surface area contributed by atoms with Gasteiger partial charge in [0.1, 0.15) is 6.54 Å². The summed E-state index contributed by atoms with van der Waals surface area (Å²) in [5.41, 5.74) is 0.857. The van der Waals surface area contributed by atoms with E-state index in [1.54, 1.807) is 12.3 Å². The Hall–Kier alpha value is -2.05. The van der Waals surface area contributed by atoms with E-state index in [9.17, 15) is 18.0 Å². The van der Waals surface area contributed by atoms with Crippen LogP contribution in [0, 0.1) is 0 Å². The third-order valence-electron chi connectivity index (χ3n) is 3.13. The van der Waals surface area contributed by atoms with Crippen molar-refractivity contribution in [3.63, 3.8) is 0 Å². The molecule has 0 fully saturated rings. The topological polar surface area (TPSA) is 49.0 Å². The van der Waals surface area contributed by atoms with E-state index in [0.717, 1.165) is 16.7 Å². The summed E-state index contributed by atoms with van der Waals surface area (Å²) < 4.78 is 37.8. The number of hydrogen-bond donors (Lipinski definition) is 1. The van der Waals surface area contributed by atoms with Gasteiger partial charge in [0.05, 0.1) is 11.7 Å². The average Bonchev–Trinajstić information content (AvgIpc) is 2.88. The predicted molar refractivity (Wildman–Crippen MR) is 73.0 cm³/mol. The molecule has 1 amide bonds. The van der Waals surface area contributed by atoms with Gasteiger partial charge in [0.15, 0.2) is 0 Å². The minimum atomic E-state index is -4.40. The molecular formula is C14H16F3N3O. The number of fused-ring (bicyclic) bond motifs is 1. The standard InChI is InChI=1S/C14H16F3N3O/c1-2-3-6-20(9-14(15,16)17)13(21)10-4-5-11-8-18-19-12(11)7-10/h4-5,7-8H,2-3,6,9H2,1H3,(H,18,19). The van der Waals surface area contributed by atoms with Crippen molar-refractivity contribution >= 4 is 16.8 Å². The van der Waals surface area contributed by atoms with E-state index in [1.807, 2.05) is 6.92 Å². The number of nitrogens with zero attached hydrogens (tertiary/aromatic N) is 2. The number of carbonyl (C=O) groups is 1. The number of aromatic nitrogens is 2. The summed E-state index contributed by atoms with van der Waals surface area (Å²) >= 11 is 0. The zero-order chi connectivity index (χ0) is 15.5. The highest BCUT2D eigenvalue weighted by Crippen LogP contribution is 2.20. The fourth-order valence-electron chi connectivity index (χ4n) is 2.07. The van der Waals surface area contributed by atoms with Crippen LogP contribution < -0.4 is 0 Å². The second-order valence-electron chi connectivity index (χ2n) is 4.87. The molecule has 0 atom stereocenters. The minimum absolute atomic E-state index is 0.0931. The molecule has 1 N–H and O–H groups in total. The zero-order valence-electron chi connectivity index (χ0n) is 11.6. The van der Waals surface area contributed by atoms with Gasteiger partial charge in [0.25, 0.3) is 5.91 Å². The van der Waals surface area contributed by atoms with Crippen molar-refractivity contribution in [2.24, 2.45) is 0 Å². The molecule has 0 radical (unpaired) electrons. The van der Waals surface area contributed by atoms with Gasteiger partial charge in [-0.05, 0) is 18.6 Å². The average molecular weight is 299 g/mol. The van der Waals surface area contributed by atoms with Crippen molar-refractivity contribution in [3.8, 4) is 0 Å². The maximum Gasteiger partial charge on any atom is 0.406 e. The van der Waals surface area contributed by atoms with Gasteiger partial charge in [0, 0.05) is 17.5 Å². The smallest absolute Gasteiger partial charge is 0.330 e. The van der Waals surface area contributed by atoms with Gasteiger partial charge in [-0.2, -0.15) is 18.3 Å². The van der Waals surface area contributed by atoms with Gasteiger partial charge < -0.3 is 4.90 Å². The molecule has 0 aliphatic heterocycles. The maximum absolute atomic E-state index is 12.6. The van der Waals surface area contributed by atoms with Crippen LogP contribution in [0.5, 0.6) is 0 Å². The van der Waals surface area contributed by atoms with E-state index < -0.39 is 18.6 Å². The lowest BCUT2D eigenvalue weighted by Crippen LogP contribution is -2.39. The van der Waals surface area contributed by atoms with Crippen molar-refractivity contribution in [2.45, 2.75) is 25.9 Å². The number of H-pyrrole nitrogens is 1. The Labute approximate surface area is 119 Å². The van der Waals surface area contributed by atoms with Crippen LogP contribution in [0.15, 0.2) is 24.4 Å². The summed E-state index contributed by atoms with van der Waals surface area (Å²) in [5.74, 6) is -0.614. The minimum Gasteiger partial charge on any atom is -0.330 e. The molecule has 0 aliphatic rings. The van der Waals surface area contributed by atoms with Crippen LogP contribution in [0.1, 0.15) is 30.1 Å². The monoisotopic (exact) mass is 299 g/mol. The van der Waals surface area contributed by atoms with Gasteiger partial charge in [0.2, 0.25) is 0 Å². The fourth-order valence-corrected chi connectivity index (χ4v) is 2.07. The van der Waals surface area contributed by atoms with Crippen molar-refractivity contribution in [1.82, 2.24) is 15.1 Å². The van der Waals surface area contributed by atoms with E-state index >= 15 is 0 Å². The zero-order valence-corrected chi connectivity index (χ0v) is 11.6. The molecule has 21 heavy (non-hydrogen) atoms. The highest BCUT2D eigenvalue weighted by atomic mass is 19.4. The lowest BCUT2D eigenvalue weighted by atomic mass is 10.1. The van der Waals surface area contributed by atoms with Crippen LogP contribution in [0.25, 0.3) is 10.9 Å². The number of halogens is 3. The summed E-state index contributed by atoms with van der Waals surface area (Å²) in [6, 6.07) is 4.72. The van der Waals surface area contributed by atoms with Gasteiger partial charge >= 0.3 is 6.18 Å². The van der Waals surface area contributed by atoms with Gasteiger partial charge in [-0.15, -0.1) is 0 Å². The quantitative estimate of drug-likeness (QED) is 0.920. The third-order valence-corrected chi connectivity index (χ3v) is 3.13. The number of nitrogens with one attached hydrogen (secondary N) is 1. The Bertz CT molecular complexity index is 621. The number of rotatable bonds is 5. The Morgan fingerprint density at radius 1 is 1.38 bits per heavy atom. The molecule has 0 spiro atoms. The van der Waals surface area contributed by atoms with Gasteiger partial charge in [-0.3, -0.25) is 9.89 Å². The van der Waals surface area contributed by atoms with Gasteiger partial charge in [-0.25, -0.2) is 0 Å². The van der Waals surface area contributed by atoms with E-state index in [-0.39, 0.29) is 12.1 Å². The first kappa shape index (κ1) is 15.3. The molecule has 2 aromatic rings. The molecular weight excluding hydrogens is 283 g/mol. The van der Waals surface area contributed by atoms with E-state index in [4.69, 9.17) is 0 Å². The number of carbonyl (C=O) groups excluding carboxylic acids is 1. The molecule has 0 saturated carbocycles. The Kier molecular flexibility index (Phi) is 4.50. The van der Waals surface area contributed by atoms with Crippen LogP contribution in [0.4, 0.5) is 13.2 Å². The van der Waals surface area contributed by atoms with Crippen LogP contribution in [-0.2, 0) is 0 Å². The SMILES string of the molecule is CCCCN(CC(F)(F)F)C(=O)c1ccc2cn[nH]c2c1.